The summed E-state index contributed by atoms with van der Waals surface area (Å²) in [6.07, 6.45) is 0. The Labute approximate surface area is 119 Å². The van der Waals surface area contributed by atoms with Crippen LogP contribution >= 0.6 is 23.2 Å². The lowest BCUT2D eigenvalue weighted by atomic mass is 9.97. The van der Waals surface area contributed by atoms with Gasteiger partial charge in [0, 0.05) is 11.1 Å². The zero-order chi connectivity index (χ0) is 13.9. The smallest absolute Gasteiger partial charge is 0.142 e. The molecule has 0 radical (unpaired) electrons. The first-order valence-corrected chi connectivity index (χ1v) is 6.96. The number of halogens is 3. The largest absolute Gasteiger partial charge is 0.310 e. The molecule has 2 atom stereocenters. The Morgan fingerprint density at radius 1 is 1.11 bits per heavy atom. The van der Waals surface area contributed by atoms with E-state index in [1.165, 1.54) is 12.1 Å². The minimum atomic E-state index is -0.429. The number of nitrogens with one attached hydrogen (secondary N) is 1. The highest BCUT2D eigenvalue weighted by atomic mass is 35.5. The molecule has 18 heavy (non-hydrogen) atoms. The molecule has 1 N–H and O–H groups in total. The molecule has 0 aromatic heterocycles. The second-order valence-electron chi connectivity index (χ2n) is 5.14. The van der Waals surface area contributed by atoms with Gasteiger partial charge in [-0.15, -0.1) is 0 Å². The van der Waals surface area contributed by atoms with E-state index >= 15 is 0 Å². The van der Waals surface area contributed by atoms with Gasteiger partial charge in [0.15, 0.2) is 0 Å². The summed E-state index contributed by atoms with van der Waals surface area (Å²) < 4.78 is 13.4. The van der Waals surface area contributed by atoms with Gasteiger partial charge in [0.25, 0.3) is 0 Å². The van der Waals surface area contributed by atoms with Crippen LogP contribution < -0.4 is 5.32 Å². The Balaban J connectivity index is 2.72. The van der Waals surface area contributed by atoms with E-state index in [4.69, 9.17) is 23.2 Å². The Bertz CT molecular complexity index is 407. The highest BCUT2D eigenvalue weighted by Crippen LogP contribution is 2.28. The van der Waals surface area contributed by atoms with Crippen molar-refractivity contribution in [1.82, 2.24) is 5.32 Å². The average Bonchev–Trinajstić information content (AvgIpc) is 2.30. The summed E-state index contributed by atoms with van der Waals surface area (Å²) in [4.78, 5) is 0. The fraction of sp³-hybridized carbons (Fsp3) is 0.571. The molecule has 1 nitrogen and oxygen atoms in total. The molecule has 102 valence electrons. The van der Waals surface area contributed by atoms with Crippen LogP contribution in [0.15, 0.2) is 12.1 Å². The summed E-state index contributed by atoms with van der Waals surface area (Å²) in [5, 5.41) is 3.93. The molecule has 0 aliphatic rings. The summed E-state index contributed by atoms with van der Waals surface area (Å²) in [6, 6.07) is 2.87. The van der Waals surface area contributed by atoms with Crippen molar-refractivity contribution in [3.63, 3.8) is 0 Å². The van der Waals surface area contributed by atoms with E-state index in [2.05, 4.69) is 26.1 Å². The number of benzene rings is 1. The van der Waals surface area contributed by atoms with Crippen molar-refractivity contribution in [3.8, 4) is 0 Å². The Morgan fingerprint density at radius 2 is 1.72 bits per heavy atom. The van der Waals surface area contributed by atoms with Crippen LogP contribution in [-0.2, 0) is 0 Å². The van der Waals surface area contributed by atoms with Gasteiger partial charge in [-0.2, -0.15) is 0 Å². The van der Waals surface area contributed by atoms with Crippen molar-refractivity contribution >= 4 is 23.2 Å². The first-order valence-electron chi connectivity index (χ1n) is 6.20. The second-order valence-corrected chi connectivity index (χ2v) is 5.95. The molecule has 0 aliphatic heterocycles. The first-order chi connectivity index (χ1) is 8.32. The summed E-state index contributed by atoms with van der Waals surface area (Å²) >= 11 is 11.8. The van der Waals surface area contributed by atoms with Gasteiger partial charge in [0.2, 0.25) is 0 Å². The molecule has 0 saturated carbocycles. The fourth-order valence-electron chi connectivity index (χ4n) is 1.58. The van der Waals surface area contributed by atoms with Crippen molar-refractivity contribution in [1.29, 1.82) is 0 Å². The van der Waals surface area contributed by atoms with Crippen LogP contribution in [-0.4, -0.2) is 6.54 Å². The van der Waals surface area contributed by atoms with Crippen molar-refractivity contribution in [2.24, 2.45) is 11.8 Å². The molecular weight excluding hydrogens is 272 g/mol. The molecule has 0 fully saturated rings. The predicted molar refractivity (Wildman–Crippen MR) is 76.8 cm³/mol. The molecule has 1 aromatic carbocycles. The van der Waals surface area contributed by atoms with E-state index in [1.54, 1.807) is 0 Å². The van der Waals surface area contributed by atoms with E-state index in [1.807, 2.05) is 6.92 Å². The van der Waals surface area contributed by atoms with Crippen molar-refractivity contribution in [2.45, 2.75) is 33.7 Å². The Hall–Kier alpha value is -0.310. The molecular formula is C14H20Cl2FN. The highest BCUT2D eigenvalue weighted by molar-refractivity contribution is 6.35. The molecule has 0 aliphatic carbocycles. The third kappa shape index (κ3) is 4.11. The second kappa shape index (κ2) is 6.74. The maximum absolute atomic E-state index is 13.4. The summed E-state index contributed by atoms with van der Waals surface area (Å²) in [5.41, 5.74) is 0.745. The van der Waals surface area contributed by atoms with E-state index in [9.17, 15) is 4.39 Å². The van der Waals surface area contributed by atoms with Crippen LogP contribution in [0.2, 0.25) is 10.0 Å². The Kier molecular flexibility index (Phi) is 5.90. The first kappa shape index (κ1) is 15.7. The maximum atomic E-state index is 13.4. The summed E-state index contributed by atoms with van der Waals surface area (Å²) in [6.45, 7) is 9.41. The molecule has 2 unspecified atom stereocenters. The predicted octanol–water partition coefficient (Wildman–Crippen LogP) is 5.08. The molecule has 0 bridgehead atoms. The van der Waals surface area contributed by atoms with Gasteiger partial charge in [-0.1, -0.05) is 44.0 Å². The molecule has 0 saturated heterocycles. The van der Waals surface area contributed by atoms with Gasteiger partial charge in [0.05, 0.1) is 5.02 Å². The van der Waals surface area contributed by atoms with Crippen LogP contribution in [0.1, 0.15) is 39.3 Å². The van der Waals surface area contributed by atoms with Crippen LogP contribution in [0.3, 0.4) is 0 Å². The van der Waals surface area contributed by atoms with E-state index in [-0.39, 0.29) is 11.1 Å². The topological polar surface area (TPSA) is 12.0 Å². The van der Waals surface area contributed by atoms with Gasteiger partial charge in [-0.25, -0.2) is 4.39 Å². The third-order valence-electron chi connectivity index (χ3n) is 3.39. The van der Waals surface area contributed by atoms with Crippen molar-refractivity contribution in [3.05, 3.63) is 33.6 Å². The van der Waals surface area contributed by atoms with Gasteiger partial charge >= 0.3 is 0 Å². The zero-order valence-electron chi connectivity index (χ0n) is 11.2. The normalized spacial score (nSPS) is 14.9. The molecule has 0 amide bonds. The lowest BCUT2D eigenvalue weighted by Gasteiger charge is -2.21. The molecule has 1 rings (SSSR count). The zero-order valence-corrected chi connectivity index (χ0v) is 12.7. The van der Waals surface area contributed by atoms with Gasteiger partial charge < -0.3 is 5.32 Å². The molecule has 0 heterocycles. The standard InChI is InChI=1S/C14H20Cl2FN/c1-8(2)9(3)7-18-10(4)11-5-14(17)13(16)6-12(11)15/h5-6,8-10,18H,7H2,1-4H3. The monoisotopic (exact) mass is 291 g/mol. The third-order valence-corrected chi connectivity index (χ3v) is 4.01. The number of hydrogen-bond donors (Lipinski definition) is 1. The Morgan fingerprint density at radius 3 is 2.28 bits per heavy atom. The quantitative estimate of drug-likeness (QED) is 0.747. The van der Waals surface area contributed by atoms with Gasteiger partial charge in [-0.3, -0.25) is 0 Å². The van der Waals surface area contributed by atoms with Crippen LogP contribution in [0, 0.1) is 17.7 Å². The minimum absolute atomic E-state index is 0.00506. The molecule has 4 heteroatoms. The number of hydrogen-bond acceptors (Lipinski definition) is 1. The van der Waals surface area contributed by atoms with Crippen LogP contribution in [0.4, 0.5) is 4.39 Å². The summed E-state index contributed by atoms with van der Waals surface area (Å²) in [7, 11) is 0. The van der Waals surface area contributed by atoms with E-state index in [0.717, 1.165) is 12.1 Å². The van der Waals surface area contributed by atoms with E-state index in [0.29, 0.717) is 16.9 Å². The SMILES string of the molecule is CC(NCC(C)C(C)C)c1cc(F)c(Cl)cc1Cl. The average molecular weight is 292 g/mol. The van der Waals surface area contributed by atoms with Crippen molar-refractivity contribution in [2.75, 3.05) is 6.54 Å². The van der Waals surface area contributed by atoms with Gasteiger partial charge in [0.1, 0.15) is 5.82 Å². The lowest BCUT2D eigenvalue weighted by Crippen LogP contribution is -2.27. The lowest BCUT2D eigenvalue weighted by molar-refractivity contribution is 0.375. The molecule has 0 spiro atoms. The maximum Gasteiger partial charge on any atom is 0.142 e. The minimum Gasteiger partial charge on any atom is -0.310 e. The van der Waals surface area contributed by atoms with Gasteiger partial charge in [-0.05, 0) is 43.0 Å². The summed E-state index contributed by atoms with van der Waals surface area (Å²) in [5.74, 6) is 0.743. The highest BCUT2D eigenvalue weighted by Gasteiger charge is 2.15. The molecule has 1 aromatic rings. The fourth-order valence-corrected chi connectivity index (χ4v) is 2.12. The van der Waals surface area contributed by atoms with Crippen LogP contribution in [0.25, 0.3) is 0 Å². The number of rotatable bonds is 5. The van der Waals surface area contributed by atoms with Crippen molar-refractivity contribution < 1.29 is 4.39 Å². The van der Waals surface area contributed by atoms with E-state index < -0.39 is 5.82 Å². The van der Waals surface area contributed by atoms with Crippen LogP contribution in [0.5, 0.6) is 0 Å².